The van der Waals surface area contributed by atoms with Crippen molar-refractivity contribution >= 4 is 33.3 Å². The lowest BCUT2D eigenvalue weighted by molar-refractivity contribution is 0.203. The number of aliphatic hydroxyl groups is 1. The topological polar surface area (TPSA) is 72.9 Å². The number of benzene rings is 2. The van der Waals surface area contributed by atoms with E-state index in [0.717, 1.165) is 37.3 Å². The molecule has 1 saturated heterocycles. The van der Waals surface area contributed by atoms with E-state index in [4.69, 9.17) is 0 Å². The van der Waals surface area contributed by atoms with Crippen LogP contribution < -0.4 is 9.62 Å². The average Bonchev–Trinajstić information content (AvgIpc) is 2.73. The lowest BCUT2D eigenvalue weighted by Crippen LogP contribution is -2.35. The van der Waals surface area contributed by atoms with Crippen LogP contribution in [0.15, 0.2) is 58.3 Å². The summed E-state index contributed by atoms with van der Waals surface area (Å²) in [6, 6.07) is 14.8. The Labute approximate surface area is 171 Å². The zero-order valence-corrected chi connectivity index (χ0v) is 17.8. The molecule has 0 radical (unpaired) electrons. The van der Waals surface area contributed by atoms with Gasteiger partial charge in [-0.05, 0) is 69.3 Å². The summed E-state index contributed by atoms with van der Waals surface area (Å²) in [6.07, 6.45) is 1.91. The number of nitrogens with one attached hydrogen (secondary N) is 1. The molecule has 2 atom stereocenters. The Balaban J connectivity index is 1.72. The molecule has 0 aliphatic carbocycles. The highest BCUT2D eigenvalue weighted by atomic mass is 32.2. The van der Waals surface area contributed by atoms with Gasteiger partial charge in [0, 0.05) is 19.7 Å². The number of rotatable bonds is 7. The monoisotopic (exact) mass is 421 g/mol. The van der Waals surface area contributed by atoms with E-state index in [0.29, 0.717) is 15.7 Å². The highest BCUT2D eigenvalue weighted by Crippen LogP contribution is 2.30. The van der Waals surface area contributed by atoms with Gasteiger partial charge in [0.25, 0.3) is 0 Å². The van der Waals surface area contributed by atoms with Crippen LogP contribution in [-0.4, -0.2) is 51.6 Å². The van der Waals surface area contributed by atoms with Crippen molar-refractivity contribution in [2.24, 2.45) is 5.92 Å². The predicted molar refractivity (Wildman–Crippen MR) is 115 cm³/mol. The summed E-state index contributed by atoms with van der Waals surface area (Å²) in [4.78, 5) is 3.58. The Kier molecular flexibility index (Phi) is 7.23. The number of para-hydroxylation sites is 2. The third kappa shape index (κ3) is 5.00. The van der Waals surface area contributed by atoms with Gasteiger partial charge in [0.1, 0.15) is 22.0 Å². The van der Waals surface area contributed by atoms with Crippen LogP contribution in [0.3, 0.4) is 0 Å². The van der Waals surface area contributed by atoms with Gasteiger partial charge in [-0.3, -0.25) is 4.72 Å². The SMILES string of the molecule is CN(C)S(=O)c1ccc(S(=O)Nc2ccccc2N2CCC(CO)CC2)cc1. The Hall–Kier alpha value is -1.74. The quantitative estimate of drug-likeness (QED) is 0.721. The molecule has 0 bridgehead atoms. The molecule has 1 heterocycles. The molecule has 2 N–H and O–H groups in total. The van der Waals surface area contributed by atoms with Crippen LogP contribution in [0.5, 0.6) is 0 Å². The van der Waals surface area contributed by atoms with Gasteiger partial charge in [-0.2, -0.15) is 0 Å². The van der Waals surface area contributed by atoms with E-state index in [-0.39, 0.29) is 6.61 Å². The second kappa shape index (κ2) is 9.65. The molecule has 0 aromatic heterocycles. The maximum atomic E-state index is 12.8. The first-order chi connectivity index (χ1) is 13.5. The first-order valence-corrected chi connectivity index (χ1v) is 11.6. The Bertz CT molecular complexity index is 835. The Morgan fingerprint density at radius 3 is 2.25 bits per heavy atom. The van der Waals surface area contributed by atoms with Crippen molar-refractivity contribution < 1.29 is 13.5 Å². The maximum Gasteiger partial charge on any atom is 0.150 e. The van der Waals surface area contributed by atoms with Crippen molar-refractivity contribution in [2.45, 2.75) is 22.6 Å². The van der Waals surface area contributed by atoms with Gasteiger partial charge < -0.3 is 10.0 Å². The summed E-state index contributed by atoms with van der Waals surface area (Å²) in [6.45, 7) is 2.00. The third-order valence-electron chi connectivity index (χ3n) is 4.89. The molecule has 2 aromatic rings. The van der Waals surface area contributed by atoms with E-state index >= 15 is 0 Å². The molecule has 2 aromatic carbocycles. The second-order valence-corrected chi connectivity index (χ2v) is 9.95. The molecule has 28 heavy (non-hydrogen) atoms. The molecular formula is C20H27N3O3S2. The maximum absolute atomic E-state index is 12.8. The molecule has 1 aliphatic rings. The minimum Gasteiger partial charge on any atom is -0.396 e. The highest BCUT2D eigenvalue weighted by molar-refractivity contribution is 7.86. The van der Waals surface area contributed by atoms with Gasteiger partial charge >= 0.3 is 0 Å². The van der Waals surface area contributed by atoms with Gasteiger partial charge in [0.05, 0.1) is 21.2 Å². The summed E-state index contributed by atoms with van der Waals surface area (Å²) < 4.78 is 29.7. The van der Waals surface area contributed by atoms with Crippen molar-refractivity contribution in [3.8, 4) is 0 Å². The number of aliphatic hydroxyl groups excluding tert-OH is 1. The molecular weight excluding hydrogens is 394 g/mol. The smallest absolute Gasteiger partial charge is 0.150 e. The number of hydrogen-bond acceptors (Lipinski definition) is 4. The first kappa shape index (κ1) is 21.0. The van der Waals surface area contributed by atoms with Crippen LogP contribution in [0.2, 0.25) is 0 Å². The summed E-state index contributed by atoms with van der Waals surface area (Å²) in [5.74, 6) is 0.372. The average molecular weight is 422 g/mol. The molecule has 0 saturated carbocycles. The lowest BCUT2D eigenvalue weighted by atomic mass is 9.97. The van der Waals surface area contributed by atoms with Crippen molar-refractivity contribution in [3.05, 3.63) is 48.5 Å². The van der Waals surface area contributed by atoms with Crippen LogP contribution >= 0.6 is 0 Å². The first-order valence-electron chi connectivity index (χ1n) is 9.32. The highest BCUT2D eigenvalue weighted by Gasteiger charge is 2.21. The molecule has 0 amide bonds. The van der Waals surface area contributed by atoms with Crippen LogP contribution in [0, 0.1) is 5.92 Å². The Morgan fingerprint density at radius 1 is 1.04 bits per heavy atom. The van der Waals surface area contributed by atoms with E-state index in [1.165, 1.54) is 0 Å². The number of piperidine rings is 1. The molecule has 1 fully saturated rings. The molecule has 0 spiro atoms. The molecule has 1 aliphatic heterocycles. The molecule has 2 unspecified atom stereocenters. The number of anilines is 2. The van der Waals surface area contributed by atoms with E-state index in [2.05, 4.69) is 9.62 Å². The fraction of sp³-hybridized carbons (Fsp3) is 0.400. The fourth-order valence-corrected chi connectivity index (χ4v) is 4.91. The largest absolute Gasteiger partial charge is 0.396 e. The van der Waals surface area contributed by atoms with Gasteiger partial charge in [-0.1, -0.05) is 12.1 Å². The summed E-state index contributed by atoms with van der Waals surface area (Å²) >= 11 is 0. The Morgan fingerprint density at radius 2 is 1.64 bits per heavy atom. The number of nitrogens with zero attached hydrogens (tertiary/aromatic N) is 2. The standard InChI is InChI=1S/C20H27N3O3S2/c1-22(2)28(26)18-9-7-17(8-10-18)27(25)21-19-5-3-4-6-20(19)23-13-11-16(15-24)12-14-23/h3-10,16,21,24H,11-15H2,1-2H3. The minimum absolute atomic E-state index is 0.242. The van der Waals surface area contributed by atoms with E-state index in [1.807, 2.05) is 24.3 Å². The molecule has 152 valence electrons. The molecule has 3 rings (SSSR count). The second-order valence-electron chi connectivity index (χ2n) is 7.03. The number of hydrogen-bond donors (Lipinski definition) is 2. The van der Waals surface area contributed by atoms with Crippen molar-refractivity contribution in [3.63, 3.8) is 0 Å². The lowest BCUT2D eigenvalue weighted by Gasteiger charge is -2.34. The van der Waals surface area contributed by atoms with Crippen LogP contribution in [-0.2, 0) is 22.0 Å². The predicted octanol–water partition coefficient (Wildman–Crippen LogP) is 2.61. The zero-order chi connectivity index (χ0) is 20.1. The zero-order valence-electron chi connectivity index (χ0n) is 16.2. The van der Waals surface area contributed by atoms with Gasteiger partial charge in [-0.25, -0.2) is 12.7 Å². The van der Waals surface area contributed by atoms with Crippen LogP contribution in [0.1, 0.15) is 12.8 Å². The molecule has 6 nitrogen and oxygen atoms in total. The van der Waals surface area contributed by atoms with Crippen molar-refractivity contribution in [2.75, 3.05) is 43.4 Å². The fourth-order valence-electron chi connectivity index (χ4n) is 3.24. The summed E-state index contributed by atoms with van der Waals surface area (Å²) in [7, 11) is 0.873. The van der Waals surface area contributed by atoms with Crippen molar-refractivity contribution in [1.82, 2.24) is 4.31 Å². The van der Waals surface area contributed by atoms with Crippen LogP contribution in [0.25, 0.3) is 0 Å². The molecule has 8 heteroatoms. The normalized spacial score (nSPS) is 17.5. The van der Waals surface area contributed by atoms with E-state index < -0.39 is 22.0 Å². The van der Waals surface area contributed by atoms with E-state index in [1.54, 1.807) is 42.7 Å². The van der Waals surface area contributed by atoms with Crippen LogP contribution in [0.4, 0.5) is 11.4 Å². The van der Waals surface area contributed by atoms with E-state index in [9.17, 15) is 13.5 Å². The van der Waals surface area contributed by atoms with Gasteiger partial charge in [0.15, 0.2) is 0 Å². The minimum atomic E-state index is -1.42. The third-order valence-corrected chi connectivity index (χ3v) is 7.34. The summed E-state index contributed by atoms with van der Waals surface area (Å²) in [5.41, 5.74) is 1.85. The summed E-state index contributed by atoms with van der Waals surface area (Å²) in [5, 5.41) is 9.34. The van der Waals surface area contributed by atoms with Gasteiger partial charge in [0.2, 0.25) is 0 Å². The van der Waals surface area contributed by atoms with Crippen molar-refractivity contribution in [1.29, 1.82) is 0 Å². The van der Waals surface area contributed by atoms with Gasteiger partial charge in [-0.15, -0.1) is 0 Å².